The number of benzene rings is 1. The zero-order chi connectivity index (χ0) is 27.7. The summed E-state index contributed by atoms with van der Waals surface area (Å²) in [6, 6.07) is 1.82. The van der Waals surface area contributed by atoms with Crippen molar-refractivity contribution in [1.82, 2.24) is 15.3 Å². The summed E-state index contributed by atoms with van der Waals surface area (Å²) in [5.74, 6) is 0.246. The maximum atomic E-state index is 13.5. The monoisotopic (exact) mass is 545 g/mol. The smallest absolute Gasteiger partial charge is 0.391 e. The predicted octanol–water partition coefficient (Wildman–Crippen LogP) is 5.40. The molecule has 0 radical (unpaired) electrons. The van der Waals surface area contributed by atoms with Crippen LogP contribution in [0.5, 0.6) is 0 Å². The molecule has 0 spiro atoms. The molecule has 2 fully saturated rings. The van der Waals surface area contributed by atoms with Crippen LogP contribution in [-0.4, -0.2) is 52.4 Å². The minimum atomic E-state index is -4.92. The summed E-state index contributed by atoms with van der Waals surface area (Å²) in [5, 5.41) is 13.4. The predicted molar refractivity (Wildman–Crippen MR) is 132 cm³/mol. The minimum absolute atomic E-state index is 0.109. The Morgan fingerprint density at radius 1 is 0.947 bits per heavy atom. The summed E-state index contributed by atoms with van der Waals surface area (Å²) in [6.07, 6.45) is -3.50. The quantitative estimate of drug-likeness (QED) is 0.455. The van der Waals surface area contributed by atoms with Crippen LogP contribution in [0, 0.1) is 0 Å². The third-order valence-electron chi connectivity index (χ3n) is 7.42. The second-order valence-corrected chi connectivity index (χ2v) is 10.2. The van der Waals surface area contributed by atoms with Crippen molar-refractivity contribution in [3.8, 4) is 0 Å². The Labute approximate surface area is 218 Å². The fraction of sp³-hybridized carbons (Fsp3) is 0.615. The highest BCUT2D eigenvalue weighted by molar-refractivity contribution is 5.47. The van der Waals surface area contributed by atoms with Crippen LogP contribution >= 0.6 is 0 Å². The number of β-amino-alcohol motifs (C(OH)–C–C–N with tert-alkyl or cyclic N) is 1. The number of aliphatic hydroxyl groups excluding tert-OH is 1. The van der Waals surface area contributed by atoms with Gasteiger partial charge in [-0.3, -0.25) is 0 Å². The third kappa shape index (κ3) is 6.69. The zero-order valence-electron chi connectivity index (χ0n) is 21.4. The summed E-state index contributed by atoms with van der Waals surface area (Å²) < 4.78 is 81.2. The molecule has 2 aliphatic heterocycles. The van der Waals surface area contributed by atoms with E-state index in [4.69, 9.17) is 0 Å². The number of hydrogen-bond acceptors (Lipinski definition) is 6. The molecular formula is C26H33F6N5O. The molecule has 2 aromatic rings. The molecule has 12 heteroatoms. The van der Waals surface area contributed by atoms with Gasteiger partial charge in [-0.05, 0) is 55.9 Å². The van der Waals surface area contributed by atoms with Crippen LogP contribution in [0.25, 0.3) is 0 Å². The van der Waals surface area contributed by atoms with Gasteiger partial charge in [0.1, 0.15) is 0 Å². The Kier molecular flexibility index (Phi) is 8.41. The molecule has 210 valence electrons. The Hall–Kier alpha value is -2.60. The normalized spacial score (nSPS) is 24.6. The highest BCUT2D eigenvalue weighted by Crippen LogP contribution is 2.37. The molecule has 2 aliphatic rings. The van der Waals surface area contributed by atoms with E-state index in [0.29, 0.717) is 38.0 Å². The molecule has 0 saturated carbocycles. The Morgan fingerprint density at radius 2 is 1.50 bits per heavy atom. The first-order chi connectivity index (χ1) is 17.9. The van der Waals surface area contributed by atoms with Crippen molar-refractivity contribution in [3.05, 3.63) is 47.3 Å². The van der Waals surface area contributed by atoms with Crippen LogP contribution in [-0.2, 0) is 18.9 Å². The zero-order valence-corrected chi connectivity index (χ0v) is 21.4. The molecule has 0 bridgehead atoms. The summed E-state index contributed by atoms with van der Waals surface area (Å²) >= 11 is 0. The van der Waals surface area contributed by atoms with E-state index in [1.54, 1.807) is 17.3 Å². The Balaban J connectivity index is 1.71. The molecule has 38 heavy (non-hydrogen) atoms. The van der Waals surface area contributed by atoms with Gasteiger partial charge in [0.25, 0.3) is 0 Å². The van der Waals surface area contributed by atoms with Crippen molar-refractivity contribution in [1.29, 1.82) is 0 Å². The maximum absolute atomic E-state index is 13.5. The van der Waals surface area contributed by atoms with Crippen LogP contribution in [0.15, 0.2) is 30.6 Å². The van der Waals surface area contributed by atoms with Crippen molar-refractivity contribution >= 4 is 11.6 Å². The van der Waals surface area contributed by atoms with E-state index in [1.165, 1.54) is 0 Å². The van der Waals surface area contributed by atoms with Gasteiger partial charge in [-0.25, -0.2) is 9.97 Å². The SMILES string of the molecule is CC[C@@H]1CC(N(Cc2cc(C(F)(F)F)cc(C(F)(F)F)c2)c2ncc(N3CC[C@H](O)C3)cn2)C[C@H](CC)N1. The van der Waals surface area contributed by atoms with Gasteiger partial charge in [0.2, 0.25) is 5.95 Å². The van der Waals surface area contributed by atoms with Gasteiger partial charge in [0.15, 0.2) is 0 Å². The topological polar surface area (TPSA) is 64.5 Å². The van der Waals surface area contributed by atoms with Gasteiger partial charge in [0.05, 0.1) is 35.3 Å². The number of piperidine rings is 1. The Bertz CT molecular complexity index is 1030. The molecule has 1 unspecified atom stereocenters. The van der Waals surface area contributed by atoms with Crippen molar-refractivity contribution < 1.29 is 31.4 Å². The number of hydrogen-bond donors (Lipinski definition) is 2. The van der Waals surface area contributed by atoms with Gasteiger partial charge in [-0.15, -0.1) is 0 Å². The van der Waals surface area contributed by atoms with E-state index in [0.717, 1.165) is 25.0 Å². The number of halogens is 6. The fourth-order valence-corrected chi connectivity index (χ4v) is 5.32. The average molecular weight is 546 g/mol. The summed E-state index contributed by atoms with van der Waals surface area (Å²) in [5.41, 5.74) is -2.09. The van der Waals surface area contributed by atoms with E-state index in [-0.39, 0.29) is 42.2 Å². The number of nitrogens with one attached hydrogen (secondary N) is 1. The molecule has 3 heterocycles. The molecule has 4 rings (SSSR count). The standard InChI is InChI=1S/C26H33F6N5O/c1-3-19-10-21(11-20(4-2)35-19)37(24-33-12-22(13-34-24)36-6-5-23(38)15-36)14-16-7-17(25(27,28)29)9-18(8-16)26(30,31)32/h7-9,12-13,19-21,23,35,38H,3-6,10-11,14-15H2,1-2H3/t19-,20+,21?,23-/m0/s1. The van der Waals surface area contributed by atoms with Crippen LogP contribution in [0.4, 0.5) is 38.0 Å². The van der Waals surface area contributed by atoms with Crippen molar-refractivity contribution in [3.63, 3.8) is 0 Å². The number of aromatic nitrogens is 2. The minimum Gasteiger partial charge on any atom is -0.391 e. The number of aliphatic hydroxyl groups is 1. The molecule has 1 aromatic heterocycles. The highest BCUT2D eigenvalue weighted by atomic mass is 19.4. The lowest BCUT2D eigenvalue weighted by Gasteiger charge is -2.42. The number of anilines is 2. The molecule has 0 amide bonds. The first kappa shape index (κ1) is 28.4. The second-order valence-electron chi connectivity index (χ2n) is 10.2. The molecule has 4 atom stereocenters. The lowest BCUT2D eigenvalue weighted by molar-refractivity contribution is -0.143. The third-order valence-corrected chi connectivity index (χ3v) is 7.42. The van der Waals surface area contributed by atoms with Gasteiger partial charge in [-0.2, -0.15) is 26.3 Å². The maximum Gasteiger partial charge on any atom is 0.416 e. The Morgan fingerprint density at radius 3 is 1.95 bits per heavy atom. The molecular weight excluding hydrogens is 512 g/mol. The van der Waals surface area contributed by atoms with Gasteiger partial charge in [-0.1, -0.05) is 13.8 Å². The van der Waals surface area contributed by atoms with Crippen LogP contribution in [0.2, 0.25) is 0 Å². The molecule has 2 N–H and O–H groups in total. The summed E-state index contributed by atoms with van der Waals surface area (Å²) in [4.78, 5) is 12.7. The van der Waals surface area contributed by atoms with Crippen molar-refractivity contribution in [2.75, 3.05) is 22.9 Å². The van der Waals surface area contributed by atoms with Gasteiger partial charge < -0.3 is 20.2 Å². The summed E-state index contributed by atoms with van der Waals surface area (Å²) in [7, 11) is 0. The van der Waals surface area contributed by atoms with Crippen LogP contribution < -0.4 is 15.1 Å². The van der Waals surface area contributed by atoms with E-state index >= 15 is 0 Å². The first-order valence-corrected chi connectivity index (χ1v) is 12.9. The molecule has 1 aromatic carbocycles. The average Bonchev–Trinajstić information content (AvgIpc) is 3.32. The van der Waals surface area contributed by atoms with E-state index in [9.17, 15) is 31.4 Å². The van der Waals surface area contributed by atoms with Gasteiger partial charge >= 0.3 is 12.4 Å². The van der Waals surface area contributed by atoms with Crippen molar-refractivity contribution in [2.24, 2.45) is 0 Å². The number of rotatable bonds is 7. The van der Waals surface area contributed by atoms with Crippen LogP contribution in [0.3, 0.4) is 0 Å². The molecule has 0 aliphatic carbocycles. The lowest BCUT2D eigenvalue weighted by Crippen LogP contribution is -2.52. The van der Waals surface area contributed by atoms with Crippen LogP contribution in [0.1, 0.15) is 62.6 Å². The van der Waals surface area contributed by atoms with Gasteiger partial charge in [0, 0.05) is 37.8 Å². The highest BCUT2D eigenvalue weighted by Gasteiger charge is 2.38. The first-order valence-electron chi connectivity index (χ1n) is 12.9. The molecule has 2 saturated heterocycles. The summed E-state index contributed by atoms with van der Waals surface area (Å²) in [6.45, 7) is 4.96. The van der Waals surface area contributed by atoms with E-state index in [2.05, 4.69) is 15.3 Å². The van der Waals surface area contributed by atoms with E-state index in [1.807, 2.05) is 18.7 Å². The molecule has 6 nitrogen and oxygen atoms in total. The lowest BCUT2D eigenvalue weighted by atomic mass is 9.89. The largest absolute Gasteiger partial charge is 0.416 e. The fourth-order valence-electron chi connectivity index (χ4n) is 5.32. The van der Waals surface area contributed by atoms with Crippen molar-refractivity contribution in [2.45, 2.75) is 89.1 Å². The second kappa shape index (κ2) is 11.3. The number of alkyl halides is 6. The number of nitrogens with zero attached hydrogens (tertiary/aromatic N) is 4. The van der Waals surface area contributed by atoms with E-state index < -0.39 is 29.6 Å².